The fourth-order valence-corrected chi connectivity index (χ4v) is 0.900. The molecule has 0 atom stereocenters. The SMILES string of the molecule is C/C=C\N1C=C(C)N=CC1.C=C(C)CC. The Bertz CT molecular complexity index is 272. The third kappa shape index (κ3) is 7.74. The van der Waals surface area contributed by atoms with Gasteiger partial charge in [0.05, 0.1) is 12.2 Å². The molecule has 2 nitrogen and oxygen atoms in total. The van der Waals surface area contributed by atoms with Gasteiger partial charge in [-0.2, -0.15) is 0 Å². The molecule has 1 aliphatic rings. The molecule has 0 saturated heterocycles. The summed E-state index contributed by atoms with van der Waals surface area (Å²) in [6, 6.07) is 0. The molecule has 0 amide bonds. The number of allylic oxidation sites excluding steroid dienone is 3. The Morgan fingerprint density at radius 2 is 2.27 bits per heavy atom. The summed E-state index contributed by atoms with van der Waals surface area (Å²) in [4.78, 5) is 6.22. The Hall–Kier alpha value is -1.31. The number of hydrogen-bond acceptors (Lipinski definition) is 2. The molecule has 15 heavy (non-hydrogen) atoms. The van der Waals surface area contributed by atoms with Crippen LogP contribution in [0.15, 0.2) is 41.3 Å². The maximum absolute atomic E-state index is 4.12. The first-order valence-electron chi connectivity index (χ1n) is 5.34. The zero-order valence-corrected chi connectivity index (χ0v) is 10.3. The molecular formula is C13H22N2. The highest BCUT2D eigenvalue weighted by atomic mass is 15.1. The molecule has 84 valence electrons. The van der Waals surface area contributed by atoms with Crippen LogP contribution in [0.3, 0.4) is 0 Å². The predicted molar refractivity (Wildman–Crippen MR) is 68.9 cm³/mol. The first-order chi connectivity index (χ1) is 7.10. The van der Waals surface area contributed by atoms with Crippen LogP contribution in [0.4, 0.5) is 0 Å². The van der Waals surface area contributed by atoms with Gasteiger partial charge >= 0.3 is 0 Å². The van der Waals surface area contributed by atoms with Gasteiger partial charge in [0.2, 0.25) is 0 Å². The van der Waals surface area contributed by atoms with Gasteiger partial charge in [-0.1, -0.05) is 18.6 Å². The van der Waals surface area contributed by atoms with Gasteiger partial charge in [0, 0.05) is 12.4 Å². The van der Waals surface area contributed by atoms with Crippen LogP contribution in [-0.2, 0) is 0 Å². The summed E-state index contributed by atoms with van der Waals surface area (Å²) in [6.07, 6.45) is 9.10. The zero-order valence-electron chi connectivity index (χ0n) is 10.3. The van der Waals surface area contributed by atoms with Gasteiger partial charge in [-0.3, -0.25) is 4.99 Å². The van der Waals surface area contributed by atoms with Crippen molar-refractivity contribution in [3.63, 3.8) is 0 Å². The lowest BCUT2D eigenvalue weighted by molar-refractivity contribution is 0.571. The van der Waals surface area contributed by atoms with Gasteiger partial charge in [0.15, 0.2) is 0 Å². The highest BCUT2D eigenvalue weighted by Gasteiger charge is 1.97. The summed E-state index contributed by atoms with van der Waals surface area (Å²) in [5, 5.41) is 0. The standard InChI is InChI=1S/C8H12N2.C5H10/c1-3-5-10-6-4-9-8(2)7-10;1-4-5(2)3/h3-5,7H,6H2,1-2H3;2,4H2,1,3H3/b5-3-;. The van der Waals surface area contributed by atoms with E-state index in [1.807, 2.05) is 45.5 Å². The molecule has 0 unspecified atom stereocenters. The molecule has 1 rings (SSSR count). The lowest BCUT2D eigenvalue weighted by atomic mass is 10.3. The van der Waals surface area contributed by atoms with Crippen LogP contribution in [0.25, 0.3) is 0 Å². The molecule has 0 aromatic carbocycles. The predicted octanol–water partition coefficient (Wildman–Crippen LogP) is 3.74. The van der Waals surface area contributed by atoms with E-state index in [4.69, 9.17) is 0 Å². The van der Waals surface area contributed by atoms with E-state index in [0.717, 1.165) is 18.7 Å². The van der Waals surface area contributed by atoms with Crippen LogP contribution >= 0.6 is 0 Å². The van der Waals surface area contributed by atoms with Crippen molar-refractivity contribution >= 4 is 6.21 Å². The lowest BCUT2D eigenvalue weighted by Gasteiger charge is -2.15. The minimum atomic E-state index is 0.891. The summed E-state index contributed by atoms with van der Waals surface area (Å²) in [7, 11) is 0. The highest BCUT2D eigenvalue weighted by Crippen LogP contribution is 2.03. The van der Waals surface area contributed by atoms with Crippen LogP contribution in [0.2, 0.25) is 0 Å². The molecule has 0 aromatic heterocycles. The molecule has 0 fully saturated rings. The molecule has 2 heteroatoms. The molecule has 1 aliphatic heterocycles. The summed E-state index contributed by atoms with van der Waals surface area (Å²) >= 11 is 0. The fraction of sp³-hybridized carbons (Fsp3) is 0.462. The maximum Gasteiger partial charge on any atom is 0.0573 e. The molecule has 0 aromatic rings. The van der Waals surface area contributed by atoms with Crippen molar-refractivity contribution in [2.24, 2.45) is 4.99 Å². The Balaban J connectivity index is 0.000000336. The minimum Gasteiger partial charge on any atom is -0.347 e. The first-order valence-corrected chi connectivity index (χ1v) is 5.34. The molecule has 1 heterocycles. The largest absolute Gasteiger partial charge is 0.347 e. The normalized spacial score (nSPS) is 14.7. The summed E-state index contributed by atoms with van der Waals surface area (Å²) in [5.41, 5.74) is 2.31. The minimum absolute atomic E-state index is 0.891. The lowest BCUT2D eigenvalue weighted by Crippen LogP contribution is -2.15. The van der Waals surface area contributed by atoms with Gasteiger partial charge < -0.3 is 4.90 Å². The molecular weight excluding hydrogens is 184 g/mol. The van der Waals surface area contributed by atoms with Gasteiger partial charge in [-0.05, 0) is 33.4 Å². The number of hydrogen-bond donors (Lipinski definition) is 0. The van der Waals surface area contributed by atoms with Crippen LogP contribution in [0, 0.1) is 0 Å². The van der Waals surface area contributed by atoms with Crippen molar-refractivity contribution in [3.8, 4) is 0 Å². The van der Waals surface area contributed by atoms with Crippen molar-refractivity contribution in [1.82, 2.24) is 4.90 Å². The van der Waals surface area contributed by atoms with Gasteiger partial charge in [0.25, 0.3) is 0 Å². The van der Waals surface area contributed by atoms with Crippen LogP contribution in [0.5, 0.6) is 0 Å². The Morgan fingerprint density at radius 3 is 2.67 bits per heavy atom. The second-order valence-electron chi connectivity index (χ2n) is 3.57. The maximum atomic E-state index is 4.12. The molecule has 0 spiro atoms. The highest BCUT2D eigenvalue weighted by molar-refractivity contribution is 5.63. The molecule has 0 radical (unpaired) electrons. The Labute approximate surface area is 93.7 Å². The number of aliphatic imine (C=N–C) groups is 1. The smallest absolute Gasteiger partial charge is 0.0573 e. The van der Waals surface area contributed by atoms with Crippen molar-refractivity contribution in [2.75, 3.05) is 6.54 Å². The van der Waals surface area contributed by atoms with Crippen molar-refractivity contribution in [2.45, 2.75) is 34.1 Å². The first kappa shape index (κ1) is 13.7. The molecule has 0 bridgehead atoms. The number of rotatable bonds is 2. The van der Waals surface area contributed by atoms with Crippen molar-refractivity contribution in [1.29, 1.82) is 0 Å². The van der Waals surface area contributed by atoms with E-state index in [9.17, 15) is 0 Å². The summed E-state index contributed by atoms with van der Waals surface area (Å²) in [6.45, 7) is 12.7. The monoisotopic (exact) mass is 206 g/mol. The van der Waals surface area contributed by atoms with E-state index in [1.165, 1.54) is 5.57 Å². The van der Waals surface area contributed by atoms with Gasteiger partial charge in [-0.25, -0.2) is 0 Å². The van der Waals surface area contributed by atoms with E-state index in [2.05, 4.69) is 23.4 Å². The number of nitrogens with zero attached hydrogens (tertiary/aromatic N) is 2. The zero-order chi connectivity index (χ0) is 11.7. The van der Waals surface area contributed by atoms with E-state index in [-0.39, 0.29) is 0 Å². The van der Waals surface area contributed by atoms with Crippen LogP contribution in [-0.4, -0.2) is 17.7 Å². The Kier molecular flexibility index (Phi) is 7.33. The summed E-state index contributed by atoms with van der Waals surface area (Å²) < 4.78 is 0. The second-order valence-corrected chi connectivity index (χ2v) is 3.57. The average Bonchev–Trinajstić information content (AvgIpc) is 2.19. The molecule has 0 N–H and O–H groups in total. The van der Waals surface area contributed by atoms with Crippen LogP contribution in [0.1, 0.15) is 34.1 Å². The van der Waals surface area contributed by atoms with Crippen LogP contribution < -0.4 is 0 Å². The van der Waals surface area contributed by atoms with E-state index in [1.54, 1.807) is 0 Å². The van der Waals surface area contributed by atoms with Crippen molar-refractivity contribution in [3.05, 3.63) is 36.3 Å². The van der Waals surface area contributed by atoms with Crippen molar-refractivity contribution < 1.29 is 0 Å². The fourth-order valence-electron chi connectivity index (χ4n) is 0.900. The Morgan fingerprint density at radius 1 is 1.67 bits per heavy atom. The van der Waals surface area contributed by atoms with E-state index >= 15 is 0 Å². The third-order valence-corrected chi connectivity index (χ3v) is 1.88. The second kappa shape index (κ2) is 8.04. The van der Waals surface area contributed by atoms with Gasteiger partial charge in [-0.15, -0.1) is 6.58 Å². The van der Waals surface area contributed by atoms with Gasteiger partial charge in [0.1, 0.15) is 0 Å². The quantitative estimate of drug-likeness (QED) is 0.628. The molecule has 0 aliphatic carbocycles. The average molecular weight is 206 g/mol. The summed E-state index contributed by atoms with van der Waals surface area (Å²) in [5.74, 6) is 0. The van der Waals surface area contributed by atoms with E-state index in [0.29, 0.717) is 0 Å². The topological polar surface area (TPSA) is 15.6 Å². The third-order valence-electron chi connectivity index (χ3n) is 1.88. The molecule has 0 saturated carbocycles. The van der Waals surface area contributed by atoms with E-state index < -0.39 is 0 Å².